The minimum absolute atomic E-state index is 0.00277. The molecule has 1 aromatic carbocycles. The third-order valence-corrected chi connectivity index (χ3v) is 9.81. The van der Waals surface area contributed by atoms with Crippen molar-refractivity contribution in [2.24, 2.45) is 11.8 Å². The van der Waals surface area contributed by atoms with Crippen LogP contribution in [0.3, 0.4) is 0 Å². The van der Waals surface area contributed by atoms with E-state index in [1.54, 1.807) is 15.9 Å². The second kappa shape index (κ2) is 11.4. The molecule has 4 aliphatic rings. The van der Waals surface area contributed by atoms with Crippen molar-refractivity contribution >= 4 is 35.0 Å². The number of benzene rings is 1. The summed E-state index contributed by atoms with van der Waals surface area (Å²) in [6, 6.07) is 3.83. The Morgan fingerprint density at radius 2 is 1.78 bits per heavy atom. The summed E-state index contributed by atoms with van der Waals surface area (Å²) in [7, 11) is 0. The largest absolute Gasteiger partial charge is 0.380 e. The first-order valence-corrected chi connectivity index (χ1v) is 14.6. The van der Waals surface area contributed by atoms with E-state index in [0.29, 0.717) is 18.8 Å². The second-order valence-corrected chi connectivity index (χ2v) is 12.5. The monoisotopic (exact) mass is 553 g/mol. The highest BCUT2D eigenvalue weighted by Crippen LogP contribution is 2.41. The highest BCUT2D eigenvalue weighted by molar-refractivity contribution is 6.30. The average molecular weight is 555 g/mol. The molecule has 1 spiro atoms. The fraction of sp³-hybridized carbons (Fsp3) is 0.714. The molecule has 1 N–H and O–H groups in total. The minimum atomic E-state index is -0.613. The van der Waals surface area contributed by atoms with Crippen molar-refractivity contribution in [1.82, 2.24) is 15.1 Å². The van der Waals surface area contributed by atoms with Crippen LogP contribution in [0.25, 0.3) is 0 Å². The van der Waals surface area contributed by atoms with E-state index < -0.39 is 11.9 Å². The third-order valence-electron chi connectivity index (χ3n) is 8.93. The van der Waals surface area contributed by atoms with Crippen LogP contribution >= 0.6 is 23.2 Å². The zero-order chi connectivity index (χ0) is 26.2. The molecule has 4 atom stereocenters. The highest BCUT2D eigenvalue weighted by Gasteiger charge is 2.52. The Labute approximate surface area is 229 Å². The number of ether oxygens (including phenoxy) is 1. The van der Waals surface area contributed by atoms with E-state index >= 15 is 0 Å². The summed E-state index contributed by atoms with van der Waals surface area (Å²) in [5.41, 5.74) is 0.480. The summed E-state index contributed by atoms with van der Waals surface area (Å²) in [5.74, 6) is -0.596. The molecule has 0 radical (unpaired) electrons. The minimum Gasteiger partial charge on any atom is -0.380 e. The van der Waals surface area contributed by atoms with Gasteiger partial charge >= 0.3 is 0 Å². The molecule has 5 rings (SSSR count). The maximum absolute atomic E-state index is 14.1. The van der Waals surface area contributed by atoms with Crippen LogP contribution < -0.4 is 5.32 Å². The summed E-state index contributed by atoms with van der Waals surface area (Å²) in [4.78, 5) is 31.2. The summed E-state index contributed by atoms with van der Waals surface area (Å²) in [5, 5.41) is 3.88. The summed E-state index contributed by atoms with van der Waals surface area (Å²) in [6.07, 6.45) is 9.77. The number of carbonyl (C=O) groups is 2. The van der Waals surface area contributed by atoms with Gasteiger partial charge < -0.3 is 14.5 Å². The third kappa shape index (κ3) is 5.52. The van der Waals surface area contributed by atoms with Crippen molar-refractivity contribution in [3.8, 4) is 0 Å². The molecule has 0 aromatic heterocycles. The number of nitrogens with one attached hydrogen (secondary N) is 1. The lowest BCUT2D eigenvalue weighted by Crippen LogP contribution is -2.73. The van der Waals surface area contributed by atoms with E-state index in [1.807, 2.05) is 0 Å². The van der Waals surface area contributed by atoms with E-state index in [0.717, 1.165) is 32.1 Å². The van der Waals surface area contributed by atoms with Crippen molar-refractivity contribution in [3.63, 3.8) is 0 Å². The van der Waals surface area contributed by atoms with Crippen molar-refractivity contribution in [2.75, 3.05) is 19.8 Å². The molecule has 3 aliphatic heterocycles. The Balaban J connectivity index is 1.39. The van der Waals surface area contributed by atoms with Crippen LogP contribution in [0.2, 0.25) is 5.02 Å². The van der Waals surface area contributed by atoms with Gasteiger partial charge in [0.2, 0.25) is 11.8 Å². The molecule has 2 amide bonds. The summed E-state index contributed by atoms with van der Waals surface area (Å²) >= 11 is 13.0. The average Bonchev–Trinajstić information content (AvgIpc) is 2.95. The van der Waals surface area contributed by atoms with Gasteiger partial charge in [-0.3, -0.25) is 14.9 Å². The van der Waals surface area contributed by atoms with Gasteiger partial charge in [0, 0.05) is 18.0 Å². The fourth-order valence-corrected chi connectivity index (χ4v) is 7.45. The van der Waals surface area contributed by atoms with E-state index in [1.165, 1.54) is 37.8 Å². The van der Waals surface area contributed by atoms with Crippen LogP contribution in [0.4, 0.5) is 4.39 Å². The van der Waals surface area contributed by atoms with Gasteiger partial charge in [0.25, 0.3) is 0 Å². The highest BCUT2D eigenvalue weighted by atomic mass is 35.5. The zero-order valence-corrected chi connectivity index (χ0v) is 23.1. The molecule has 6 nitrogen and oxygen atoms in total. The van der Waals surface area contributed by atoms with Crippen molar-refractivity contribution in [3.05, 3.63) is 34.6 Å². The number of hydrogen-bond acceptors (Lipinski definition) is 4. The van der Waals surface area contributed by atoms with Gasteiger partial charge in [0.05, 0.1) is 29.8 Å². The maximum atomic E-state index is 14.1. The molecule has 4 unspecified atom stereocenters. The van der Waals surface area contributed by atoms with Crippen LogP contribution in [-0.4, -0.2) is 64.5 Å². The first kappa shape index (κ1) is 27.2. The van der Waals surface area contributed by atoms with Crippen molar-refractivity contribution in [2.45, 2.75) is 94.4 Å². The standard InChI is InChI=1S/C28H38Cl2FN3O3/c1-18-12-23(30)28(10-6-4-2-3-5-7-11-28)32-26(18)34-15-24(35)33(25(27(34)36)20-16-37-17-20)14-19-8-9-22(31)21(29)13-19/h8-9,13,18,20,23,25-26,32H,2-7,10-12,14-17H2,1H3. The number of piperidine rings is 1. The number of piperazine rings is 1. The van der Waals surface area contributed by atoms with Crippen molar-refractivity contribution < 1.29 is 18.7 Å². The molecule has 0 bridgehead atoms. The van der Waals surface area contributed by atoms with Crippen LogP contribution in [0, 0.1) is 17.7 Å². The molecule has 1 saturated carbocycles. The lowest BCUT2D eigenvalue weighted by Gasteiger charge is -2.54. The number of nitrogens with zero attached hydrogens (tertiary/aromatic N) is 2. The molecular weight excluding hydrogens is 516 g/mol. The number of amides is 2. The smallest absolute Gasteiger partial charge is 0.247 e. The normalized spacial score (nSPS) is 31.6. The van der Waals surface area contributed by atoms with Gasteiger partial charge in [0.1, 0.15) is 18.4 Å². The van der Waals surface area contributed by atoms with Crippen LogP contribution in [-0.2, 0) is 20.9 Å². The molecule has 3 saturated heterocycles. The predicted octanol–water partition coefficient (Wildman–Crippen LogP) is 5.10. The lowest BCUT2D eigenvalue weighted by atomic mass is 9.76. The van der Waals surface area contributed by atoms with Gasteiger partial charge in [-0.05, 0) is 42.9 Å². The molecular formula is C28H38Cl2FN3O3. The topological polar surface area (TPSA) is 61.9 Å². The van der Waals surface area contributed by atoms with E-state index in [9.17, 15) is 14.0 Å². The number of carbonyl (C=O) groups excluding carboxylic acids is 2. The number of rotatable bonds is 4. The SMILES string of the molecule is CC1CC(Cl)C2(CCCCCCCC2)NC1N1CC(=O)N(Cc2ccc(F)c(Cl)c2)C(C2COC2)C1=O. The molecule has 3 heterocycles. The van der Waals surface area contributed by atoms with E-state index in [2.05, 4.69) is 12.2 Å². The molecule has 1 aliphatic carbocycles. The number of hydrogen-bond donors (Lipinski definition) is 1. The van der Waals surface area contributed by atoms with E-state index in [-0.39, 0.29) is 58.8 Å². The fourth-order valence-electron chi connectivity index (χ4n) is 6.69. The second-order valence-electron chi connectivity index (χ2n) is 11.5. The lowest BCUT2D eigenvalue weighted by molar-refractivity contribution is -0.173. The molecule has 37 heavy (non-hydrogen) atoms. The first-order chi connectivity index (χ1) is 17.8. The number of alkyl halides is 1. The Hall–Kier alpha value is -1.41. The first-order valence-electron chi connectivity index (χ1n) is 13.8. The van der Waals surface area contributed by atoms with E-state index in [4.69, 9.17) is 27.9 Å². The van der Waals surface area contributed by atoms with Gasteiger partial charge in [-0.15, -0.1) is 11.6 Å². The Morgan fingerprint density at radius 3 is 2.41 bits per heavy atom. The van der Waals surface area contributed by atoms with Crippen LogP contribution in [0.15, 0.2) is 18.2 Å². The molecule has 204 valence electrons. The van der Waals surface area contributed by atoms with Gasteiger partial charge in [-0.2, -0.15) is 0 Å². The Bertz CT molecular complexity index is 997. The molecule has 4 fully saturated rings. The van der Waals surface area contributed by atoms with Gasteiger partial charge in [0.15, 0.2) is 0 Å². The predicted molar refractivity (Wildman–Crippen MR) is 142 cm³/mol. The summed E-state index contributed by atoms with van der Waals surface area (Å²) in [6.45, 7) is 3.24. The molecule has 9 heteroatoms. The zero-order valence-electron chi connectivity index (χ0n) is 21.6. The Kier molecular flexibility index (Phi) is 8.35. The Morgan fingerprint density at radius 1 is 1.11 bits per heavy atom. The maximum Gasteiger partial charge on any atom is 0.247 e. The van der Waals surface area contributed by atoms with Crippen LogP contribution in [0.5, 0.6) is 0 Å². The summed E-state index contributed by atoms with van der Waals surface area (Å²) < 4.78 is 19.2. The van der Waals surface area contributed by atoms with Crippen LogP contribution in [0.1, 0.15) is 70.3 Å². The van der Waals surface area contributed by atoms with Gasteiger partial charge in [-0.25, -0.2) is 4.39 Å². The number of halogens is 3. The van der Waals surface area contributed by atoms with Crippen molar-refractivity contribution in [1.29, 1.82) is 0 Å². The molecule has 1 aromatic rings. The quantitative estimate of drug-likeness (QED) is 0.527. The van der Waals surface area contributed by atoms with Gasteiger partial charge in [-0.1, -0.05) is 63.1 Å².